The number of hydrogen-bond donors (Lipinski definition) is 2. The number of nitrogens with two attached hydrogens (primary N) is 1. The highest BCUT2D eigenvalue weighted by molar-refractivity contribution is 6.32. The molecule has 1 aromatic carbocycles. The lowest BCUT2D eigenvalue weighted by Crippen LogP contribution is -2.15. The summed E-state index contributed by atoms with van der Waals surface area (Å²) < 4.78 is 11.0. The summed E-state index contributed by atoms with van der Waals surface area (Å²) in [6.07, 6.45) is 1.61. The first kappa shape index (κ1) is 12.0. The maximum atomic E-state index is 6.17. The highest BCUT2D eigenvalue weighted by Gasteiger charge is 2.18. The summed E-state index contributed by atoms with van der Waals surface area (Å²) >= 11 is 6.17. The second-order valence-corrected chi connectivity index (χ2v) is 4.30. The van der Waals surface area contributed by atoms with Crippen molar-refractivity contribution in [2.45, 2.75) is 0 Å². The largest absolute Gasteiger partial charge is 0.486 e. The molecule has 3 rings (SSSR count). The van der Waals surface area contributed by atoms with Crippen LogP contribution in [0.4, 0.5) is 5.82 Å². The maximum Gasteiger partial charge on any atom is 0.179 e. The van der Waals surface area contributed by atoms with Crippen molar-refractivity contribution in [3.05, 3.63) is 29.4 Å². The van der Waals surface area contributed by atoms with Crippen molar-refractivity contribution >= 4 is 17.4 Å². The van der Waals surface area contributed by atoms with Gasteiger partial charge in [-0.2, -0.15) is 0 Å². The Morgan fingerprint density at radius 1 is 1.26 bits per heavy atom. The van der Waals surface area contributed by atoms with E-state index in [1.165, 1.54) is 0 Å². The molecule has 2 aromatic rings. The molecule has 2 heterocycles. The van der Waals surface area contributed by atoms with Crippen LogP contribution in [0.5, 0.6) is 11.5 Å². The number of nitrogens with one attached hydrogen (secondary N) is 1. The van der Waals surface area contributed by atoms with Gasteiger partial charge in [-0.05, 0) is 12.1 Å². The standard InChI is InChI=1S/C12H11ClN4O2/c13-8-5-7(6-9-11(8)19-4-3-18-9)12-15-2-1-10(16-12)17-14/h1-2,5-6H,3-4,14H2,(H,15,16,17). The quantitative estimate of drug-likeness (QED) is 0.644. The summed E-state index contributed by atoms with van der Waals surface area (Å²) in [7, 11) is 0. The van der Waals surface area contributed by atoms with E-state index in [2.05, 4.69) is 15.4 Å². The van der Waals surface area contributed by atoms with Crippen LogP contribution in [0.25, 0.3) is 11.4 Å². The summed E-state index contributed by atoms with van der Waals surface area (Å²) in [4.78, 5) is 8.44. The van der Waals surface area contributed by atoms with Gasteiger partial charge in [0.05, 0.1) is 5.02 Å². The Balaban J connectivity index is 2.07. The van der Waals surface area contributed by atoms with Crippen LogP contribution in [0.1, 0.15) is 0 Å². The van der Waals surface area contributed by atoms with Gasteiger partial charge < -0.3 is 14.9 Å². The summed E-state index contributed by atoms with van der Waals surface area (Å²) in [5, 5.41) is 0.474. The van der Waals surface area contributed by atoms with Gasteiger partial charge in [-0.25, -0.2) is 15.8 Å². The predicted molar refractivity (Wildman–Crippen MR) is 71.3 cm³/mol. The molecule has 0 saturated heterocycles. The van der Waals surface area contributed by atoms with Crippen LogP contribution in [0, 0.1) is 0 Å². The molecule has 7 heteroatoms. The third kappa shape index (κ3) is 2.27. The molecule has 0 aliphatic carbocycles. The Morgan fingerprint density at radius 2 is 2.11 bits per heavy atom. The van der Waals surface area contributed by atoms with Gasteiger partial charge in [0.25, 0.3) is 0 Å². The highest BCUT2D eigenvalue weighted by Crippen LogP contribution is 2.40. The third-order valence-corrected chi connectivity index (χ3v) is 2.94. The van der Waals surface area contributed by atoms with Crippen molar-refractivity contribution in [3.8, 4) is 22.9 Å². The van der Waals surface area contributed by atoms with E-state index in [-0.39, 0.29) is 0 Å². The Hall–Kier alpha value is -2.05. The molecule has 0 radical (unpaired) electrons. The summed E-state index contributed by atoms with van der Waals surface area (Å²) in [6, 6.07) is 5.21. The molecule has 1 aliphatic heterocycles. The van der Waals surface area contributed by atoms with E-state index in [0.29, 0.717) is 41.4 Å². The normalized spacial score (nSPS) is 13.2. The van der Waals surface area contributed by atoms with Gasteiger partial charge in [0, 0.05) is 17.8 Å². The smallest absolute Gasteiger partial charge is 0.179 e. The molecule has 19 heavy (non-hydrogen) atoms. The van der Waals surface area contributed by atoms with Gasteiger partial charge in [-0.3, -0.25) is 0 Å². The fourth-order valence-electron chi connectivity index (χ4n) is 1.82. The zero-order chi connectivity index (χ0) is 13.2. The molecule has 0 bridgehead atoms. The average molecular weight is 279 g/mol. The van der Waals surface area contributed by atoms with E-state index in [9.17, 15) is 0 Å². The van der Waals surface area contributed by atoms with Crippen LogP contribution >= 0.6 is 11.6 Å². The number of ether oxygens (including phenoxy) is 2. The van der Waals surface area contributed by atoms with E-state index in [1.807, 2.05) is 0 Å². The van der Waals surface area contributed by atoms with Gasteiger partial charge in [-0.1, -0.05) is 11.6 Å². The molecule has 0 atom stereocenters. The van der Waals surface area contributed by atoms with Crippen molar-refractivity contribution in [1.82, 2.24) is 9.97 Å². The second kappa shape index (κ2) is 4.91. The lowest BCUT2D eigenvalue weighted by molar-refractivity contribution is 0.172. The lowest BCUT2D eigenvalue weighted by atomic mass is 10.1. The van der Waals surface area contributed by atoms with E-state index < -0.39 is 0 Å². The summed E-state index contributed by atoms with van der Waals surface area (Å²) in [5.74, 6) is 7.52. The monoisotopic (exact) mass is 278 g/mol. The first-order valence-electron chi connectivity index (χ1n) is 5.67. The fourth-order valence-corrected chi connectivity index (χ4v) is 2.08. The van der Waals surface area contributed by atoms with Crippen LogP contribution in [-0.2, 0) is 0 Å². The minimum Gasteiger partial charge on any atom is -0.486 e. The van der Waals surface area contributed by atoms with Gasteiger partial charge in [0.2, 0.25) is 0 Å². The average Bonchev–Trinajstić information content (AvgIpc) is 2.47. The number of fused-ring (bicyclic) bond motifs is 1. The summed E-state index contributed by atoms with van der Waals surface area (Å²) in [5.41, 5.74) is 3.22. The number of nitrogen functional groups attached to an aromatic ring is 1. The maximum absolute atomic E-state index is 6.17. The SMILES string of the molecule is NNc1ccnc(-c2cc(Cl)c3c(c2)OCCO3)n1. The Bertz CT molecular complexity index is 621. The van der Waals surface area contributed by atoms with E-state index in [0.717, 1.165) is 5.56 Å². The Morgan fingerprint density at radius 3 is 2.95 bits per heavy atom. The molecular weight excluding hydrogens is 268 g/mol. The van der Waals surface area contributed by atoms with E-state index in [1.54, 1.807) is 24.4 Å². The molecule has 0 amide bonds. The van der Waals surface area contributed by atoms with Crippen molar-refractivity contribution in [2.75, 3.05) is 18.6 Å². The van der Waals surface area contributed by atoms with Crippen LogP contribution in [0.2, 0.25) is 5.02 Å². The molecule has 98 valence electrons. The number of aromatic nitrogens is 2. The zero-order valence-electron chi connectivity index (χ0n) is 9.89. The lowest BCUT2D eigenvalue weighted by Gasteiger charge is -2.20. The van der Waals surface area contributed by atoms with E-state index >= 15 is 0 Å². The predicted octanol–water partition coefficient (Wildman–Crippen LogP) is 1.85. The Labute approximate surface area is 114 Å². The minimum absolute atomic E-state index is 0.474. The zero-order valence-corrected chi connectivity index (χ0v) is 10.6. The number of anilines is 1. The molecule has 0 unspecified atom stereocenters. The van der Waals surface area contributed by atoms with E-state index in [4.69, 9.17) is 26.9 Å². The molecule has 3 N–H and O–H groups in total. The molecular formula is C12H11ClN4O2. The van der Waals surface area contributed by atoms with Crippen LogP contribution in [0.3, 0.4) is 0 Å². The number of hydrogen-bond acceptors (Lipinski definition) is 6. The molecule has 0 saturated carbocycles. The highest BCUT2D eigenvalue weighted by atomic mass is 35.5. The second-order valence-electron chi connectivity index (χ2n) is 3.89. The van der Waals surface area contributed by atoms with Crippen molar-refractivity contribution in [3.63, 3.8) is 0 Å². The number of nitrogens with zero attached hydrogens (tertiary/aromatic N) is 2. The number of halogens is 1. The van der Waals surface area contributed by atoms with Crippen molar-refractivity contribution in [2.24, 2.45) is 5.84 Å². The van der Waals surface area contributed by atoms with Gasteiger partial charge in [0.15, 0.2) is 17.3 Å². The van der Waals surface area contributed by atoms with Crippen LogP contribution < -0.4 is 20.7 Å². The third-order valence-electron chi connectivity index (χ3n) is 2.66. The first-order chi connectivity index (χ1) is 9.28. The first-order valence-corrected chi connectivity index (χ1v) is 6.05. The van der Waals surface area contributed by atoms with Crippen molar-refractivity contribution in [1.29, 1.82) is 0 Å². The van der Waals surface area contributed by atoms with Gasteiger partial charge in [-0.15, -0.1) is 0 Å². The number of rotatable bonds is 2. The number of benzene rings is 1. The molecule has 6 nitrogen and oxygen atoms in total. The minimum atomic E-state index is 0.474. The van der Waals surface area contributed by atoms with Gasteiger partial charge >= 0.3 is 0 Å². The van der Waals surface area contributed by atoms with Gasteiger partial charge in [0.1, 0.15) is 19.0 Å². The molecule has 0 spiro atoms. The van der Waals surface area contributed by atoms with Crippen LogP contribution in [-0.4, -0.2) is 23.2 Å². The van der Waals surface area contributed by atoms with Crippen molar-refractivity contribution < 1.29 is 9.47 Å². The molecule has 0 fully saturated rings. The molecule has 1 aromatic heterocycles. The number of hydrazine groups is 1. The fraction of sp³-hybridized carbons (Fsp3) is 0.167. The topological polar surface area (TPSA) is 82.3 Å². The summed E-state index contributed by atoms with van der Waals surface area (Å²) in [6.45, 7) is 0.993. The van der Waals surface area contributed by atoms with Crippen LogP contribution in [0.15, 0.2) is 24.4 Å². The Kier molecular flexibility index (Phi) is 3.10. The molecule has 1 aliphatic rings.